The Hall–Kier alpha value is -1.90. The van der Waals surface area contributed by atoms with Crippen LogP contribution in [0.5, 0.6) is 0 Å². The molecule has 2 heterocycles. The predicted octanol–water partition coefficient (Wildman–Crippen LogP) is 2.67. The van der Waals surface area contributed by atoms with Crippen molar-refractivity contribution < 1.29 is 4.79 Å². The number of hydrogen-bond donors (Lipinski definition) is 0. The Balaban J connectivity index is 2.43. The van der Waals surface area contributed by atoms with Crippen LogP contribution in [0.3, 0.4) is 0 Å². The first-order valence-corrected chi connectivity index (χ1v) is 5.65. The summed E-state index contributed by atoms with van der Waals surface area (Å²) in [6.45, 7) is 6.79. The van der Waals surface area contributed by atoms with Crippen LogP contribution in [0.1, 0.15) is 32.9 Å². The van der Waals surface area contributed by atoms with Crippen LogP contribution in [0.4, 0.5) is 0 Å². The maximum Gasteiger partial charge on any atom is 0.152 e. The van der Waals surface area contributed by atoms with Crippen molar-refractivity contribution in [1.29, 1.82) is 0 Å². The van der Waals surface area contributed by atoms with Crippen LogP contribution in [0.2, 0.25) is 0 Å². The molecule has 88 valence electrons. The Labute approximate surface area is 101 Å². The van der Waals surface area contributed by atoms with E-state index in [1.165, 1.54) is 0 Å². The van der Waals surface area contributed by atoms with Crippen LogP contribution in [-0.2, 0) is 6.54 Å². The summed E-state index contributed by atoms with van der Waals surface area (Å²) < 4.78 is 2.16. The summed E-state index contributed by atoms with van der Waals surface area (Å²) in [6, 6.07) is 3.97. The first-order chi connectivity index (χ1) is 8.15. The number of nitrogens with zero attached hydrogens (tertiary/aromatic N) is 2. The van der Waals surface area contributed by atoms with Crippen LogP contribution in [0, 0.1) is 20.8 Å². The van der Waals surface area contributed by atoms with E-state index < -0.39 is 0 Å². The van der Waals surface area contributed by atoms with Crippen molar-refractivity contribution in [3.8, 4) is 0 Å². The highest BCUT2D eigenvalue weighted by Gasteiger charge is 2.13. The van der Waals surface area contributed by atoms with E-state index in [2.05, 4.69) is 9.55 Å². The molecule has 0 N–H and O–H groups in total. The van der Waals surface area contributed by atoms with E-state index in [9.17, 15) is 4.79 Å². The van der Waals surface area contributed by atoms with Crippen molar-refractivity contribution in [3.63, 3.8) is 0 Å². The molecule has 0 bridgehead atoms. The van der Waals surface area contributed by atoms with E-state index >= 15 is 0 Å². The number of aldehydes is 1. The normalized spacial score (nSPS) is 10.5. The van der Waals surface area contributed by atoms with Crippen LogP contribution < -0.4 is 0 Å². The standard InChI is InChI=1S/C14H16N2O/c1-10-11(2)16(12(3)14(10)9-17)8-13-5-4-6-15-7-13/h4-7,9H,8H2,1-3H3. The van der Waals surface area contributed by atoms with Crippen molar-refractivity contribution in [1.82, 2.24) is 9.55 Å². The van der Waals surface area contributed by atoms with E-state index in [-0.39, 0.29) is 0 Å². The average Bonchev–Trinajstić information content (AvgIpc) is 2.55. The number of aromatic nitrogens is 2. The maximum atomic E-state index is 11.0. The zero-order valence-electron chi connectivity index (χ0n) is 10.4. The summed E-state index contributed by atoms with van der Waals surface area (Å²) >= 11 is 0. The van der Waals surface area contributed by atoms with E-state index in [1.807, 2.05) is 39.1 Å². The van der Waals surface area contributed by atoms with Gasteiger partial charge in [-0.2, -0.15) is 0 Å². The first-order valence-electron chi connectivity index (χ1n) is 5.65. The van der Waals surface area contributed by atoms with Gasteiger partial charge in [0.05, 0.1) is 0 Å². The van der Waals surface area contributed by atoms with Gasteiger partial charge < -0.3 is 4.57 Å². The Kier molecular flexibility index (Phi) is 3.09. The van der Waals surface area contributed by atoms with E-state index in [1.54, 1.807) is 6.20 Å². The third-order valence-corrected chi connectivity index (χ3v) is 3.33. The molecule has 0 spiro atoms. The van der Waals surface area contributed by atoms with Gasteiger partial charge in [0, 0.05) is 35.9 Å². The maximum absolute atomic E-state index is 11.0. The molecule has 3 nitrogen and oxygen atoms in total. The van der Waals surface area contributed by atoms with E-state index in [4.69, 9.17) is 0 Å². The summed E-state index contributed by atoms with van der Waals surface area (Å²) in [6.07, 6.45) is 4.56. The summed E-state index contributed by atoms with van der Waals surface area (Å²) in [4.78, 5) is 15.1. The Morgan fingerprint density at radius 2 is 2.06 bits per heavy atom. The number of pyridine rings is 1. The minimum Gasteiger partial charge on any atom is -0.344 e. The molecule has 0 saturated carbocycles. The quantitative estimate of drug-likeness (QED) is 0.757. The highest BCUT2D eigenvalue weighted by molar-refractivity contribution is 5.79. The second kappa shape index (κ2) is 4.53. The molecule has 17 heavy (non-hydrogen) atoms. The molecule has 0 saturated heterocycles. The van der Waals surface area contributed by atoms with Gasteiger partial charge in [-0.3, -0.25) is 9.78 Å². The molecule has 0 radical (unpaired) electrons. The Morgan fingerprint density at radius 3 is 2.59 bits per heavy atom. The topological polar surface area (TPSA) is 34.9 Å². The lowest BCUT2D eigenvalue weighted by Gasteiger charge is -2.09. The van der Waals surface area contributed by atoms with Gasteiger partial charge in [0.25, 0.3) is 0 Å². The van der Waals surface area contributed by atoms with Gasteiger partial charge in [-0.25, -0.2) is 0 Å². The van der Waals surface area contributed by atoms with Gasteiger partial charge in [0.2, 0.25) is 0 Å². The van der Waals surface area contributed by atoms with Gasteiger partial charge in [0.15, 0.2) is 6.29 Å². The van der Waals surface area contributed by atoms with Gasteiger partial charge in [-0.1, -0.05) is 6.07 Å². The third-order valence-electron chi connectivity index (χ3n) is 3.33. The summed E-state index contributed by atoms with van der Waals surface area (Å²) in [5.74, 6) is 0. The summed E-state index contributed by atoms with van der Waals surface area (Å²) in [7, 11) is 0. The zero-order valence-corrected chi connectivity index (χ0v) is 10.4. The lowest BCUT2D eigenvalue weighted by atomic mass is 10.1. The number of rotatable bonds is 3. The fourth-order valence-electron chi connectivity index (χ4n) is 2.15. The molecule has 0 fully saturated rings. The fourth-order valence-corrected chi connectivity index (χ4v) is 2.15. The van der Waals surface area contributed by atoms with Gasteiger partial charge in [0.1, 0.15) is 0 Å². The van der Waals surface area contributed by atoms with Crippen LogP contribution in [-0.4, -0.2) is 15.8 Å². The summed E-state index contributed by atoms with van der Waals surface area (Å²) in [5.41, 5.74) is 5.20. The predicted molar refractivity (Wildman–Crippen MR) is 67.4 cm³/mol. The lowest BCUT2D eigenvalue weighted by molar-refractivity contribution is 0.112. The molecule has 0 aliphatic heterocycles. The molecule has 0 atom stereocenters. The van der Waals surface area contributed by atoms with Crippen molar-refractivity contribution in [2.45, 2.75) is 27.3 Å². The molecule has 0 unspecified atom stereocenters. The zero-order chi connectivity index (χ0) is 12.4. The molecule has 3 heteroatoms. The number of carbonyl (C=O) groups is 1. The molecule has 0 aromatic carbocycles. The highest BCUT2D eigenvalue weighted by Crippen LogP contribution is 2.20. The summed E-state index contributed by atoms with van der Waals surface area (Å²) in [5, 5.41) is 0. The highest BCUT2D eigenvalue weighted by atomic mass is 16.1. The molecular weight excluding hydrogens is 212 g/mol. The molecule has 0 aliphatic carbocycles. The smallest absolute Gasteiger partial charge is 0.152 e. The fraction of sp³-hybridized carbons (Fsp3) is 0.286. The minimum atomic E-state index is 0.764. The lowest BCUT2D eigenvalue weighted by Crippen LogP contribution is -2.04. The Morgan fingerprint density at radius 1 is 1.29 bits per heavy atom. The van der Waals surface area contributed by atoms with Crippen LogP contribution >= 0.6 is 0 Å². The molecule has 2 rings (SSSR count). The van der Waals surface area contributed by atoms with Crippen molar-refractivity contribution in [2.24, 2.45) is 0 Å². The number of carbonyl (C=O) groups excluding carboxylic acids is 1. The van der Waals surface area contributed by atoms with Crippen LogP contribution in [0.15, 0.2) is 24.5 Å². The average molecular weight is 228 g/mol. The van der Waals surface area contributed by atoms with Crippen molar-refractivity contribution in [2.75, 3.05) is 0 Å². The largest absolute Gasteiger partial charge is 0.344 e. The molecule has 0 amide bonds. The van der Waals surface area contributed by atoms with Crippen molar-refractivity contribution in [3.05, 3.63) is 52.6 Å². The van der Waals surface area contributed by atoms with Gasteiger partial charge >= 0.3 is 0 Å². The first kappa shape index (κ1) is 11.6. The Bertz CT molecular complexity index is 541. The van der Waals surface area contributed by atoms with Gasteiger partial charge in [-0.15, -0.1) is 0 Å². The SMILES string of the molecule is Cc1c(C=O)c(C)n(Cc2cccnc2)c1C. The molecule has 2 aromatic heterocycles. The third kappa shape index (κ3) is 2.00. The van der Waals surface area contributed by atoms with E-state index in [0.717, 1.165) is 40.9 Å². The second-order valence-corrected chi connectivity index (χ2v) is 4.27. The van der Waals surface area contributed by atoms with Crippen LogP contribution in [0.25, 0.3) is 0 Å². The van der Waals surface area contributed by atoms with Gasteiger partial charge in [-0.05, 0) is 38.0 Å². The van der Waals surface area contributed by atoms with E-state index in [0.29, 0.717) is 0 Å². The molecular formula is C14H16N2O. The number of hydrogen-bond acceptors (Lipinski definition) is 2. The molecule has 0 aliphatic rings. The van der Waals surface area contributed by atoms with Crippen molar-refractivity contribution >= 4 is 6.29 Å². The monoisotopic (exact) mass is 228 g/mol. The minimum absolute atomic E-state index is 0.764. The molecule has 2 aromatic rings. The second-order valence-electron chi connectivity index (χ2n) is 4.27.